The van der Waals surface area contributed by atoms with Gasteiger partial charge in [0.05, 0.1) is 5.56 Å². The van der Waals surface area contributed by atoms with Gasteiger partial charge in [0.2, 0.25) is 11.7 Å². The van der Waals surface area contributed by atoms with E-state index in [0.717, 1.165) is 11.1 Å². The van der Waals surface area contributed by atoms with Crippen molar-refractivity contribution in [3.63, 3.8) is 0 Å². The van der Waals surface area contributed by atoms with Crippen LogP contribution in [0.4, 0.5) is 5.69 Å². The van der Waals surface area contributed by atoms with E-state index in [9.17, 15) is 19.2 Å². The zero-order chi connectivity index (χ0) is 22.1. The number of rotatable bonds is 3. The van der Waals surface area contributed by atoms with Crippen LogP contribution in [0, 0.1) is 0 Å². The average Bonchev–Trinajstić information content (AvgIpc) is 2.99. The molecular weight excluding hydrogens is 418 g/mol. The normalized spacial score (nSPS) is 18.2. The first-order valence-electron chi connectivity index (χ1n) is 9.15. The van der Waals surface area contributed by atoms with Gasteiger partial charge in [-0.3, -0.25) is 19.3 Å². The summed E-state index contributed by atoms with van der Waals surface area (Å²) < 4.78 is 5.18. The van der Waals surface area contributed by atoms with E-state index in [1.807, 2.05) is 0 Å². The molecule has 2 heterocycles. The second kappa shape index (κ2) is 7.96. The van der Waals surface area contributed by atoms with Crippen LogP contribution in [0.1, 0.15) is 22.8 Å². The predicted molar refractivity (Wildman–Crippen MR) is 116 cm³/mol. The highest BCUT2D eigenvalue weighted by Gasteiger charge is 2.35. The summed E-state index contributed by atoms with van der Waals surface area (Å²) in [6, 6.07) is 13.2. The van der Waals surface area contributed by atoms with Crippen molar-refractivity contribution < 1.29 is 23.9 Å². The van der Waals surface area contributed by atoms with Crippen LogP contribution < -0.4 is 15.4 Å². The molecule has 9 heteroatoms. The second-order valence-electron chi connectivity index (χ2n) is 6.72. The van der Waals surface area contributed by atoms with Crippen LogP contribution in [0.5, 0.6) is 5.75 Å². The Morgan fingerprint density at radius 2 is 1.81 bits per heavy atom. The molecule has 0 atom stereocenters. The Bertz CT molecular complexity index is 1210. The summed E-state index contributed by atoms with van der Waals surface area (Å²) in [4.78, 5) is 49.9. The van der Waals surface area contributed by atoms with E-state index in [1.54, 1.807) is 42.5 Å². The number of hydrogen-bond acceptors (Lipinski definition) is 6. The van der Waals surface area contributed by atoms with E-state index in [-0.39, 0.29) is 33.6 Å². The Hall–Kier alpha value is -4.11. The van der Waals surface area contributed by atoms with Gasteiger partial charge in [0.15, 0.2) is 5.11 Å². The molecule has 0 unspecified atom stereocenters. The van der Waals surface area contributed by atoms with Crippen molar-refractivity contribution >= 4 is 52.7 Å². The van der Waals surface area contributed by atoms with Crippen LogP contribution in [0.2, 0.25) is 0 Å². The van der Waals surface area contributed by atoms with Gasteiger partial charge in [0, 0.05) is 18.8 Å². The van der Waals surface area contributed by atoms with Crippen LogP contribution >= 0.6 is 12.2 Å². The third-order valence-corrected chi connectivity index (χ3v) is 4.81. The summed E-state index contributed by atoms with van der Waals surface area (Å²) in [6.45, 7) is 1.41. The molecule has 2 amide bonds. The number of Topliss-reactive ketones (excluding diaryl/α,β-unsaturated/α-hetero) is 1. The number of carbonyl (C=O) groups excluding carboxylic acids is 4. The predicted octanol–water partition coefficient (Wildman–Crippen LogP) is 2.39. The van der Waals surface area contributed by atoms with Crippen molar-refractivity contribution in [1.29, 1.82) is 0 Å². The van der Waals surface area contributed by atoms with Crippen molar-refractivity contribution in [2.24, 2.45) is 0 Å². The van der Waals surface area contributed by atoms with E-state index >= 15 is 0 Å². The maximum absolute atomic E-state index is 12.8. The van der Waals surface area contributed by atoms with Crippen molar-refractivity contribution in [3.8, 4) is 5.75 Å². The molecular formula is C22H15N3O5S. The van der Waals surface area contributed by atoms with Gasteiger partial charge in [-0.05, 0) is 48.1 Å². The highest BCUT2D eigenvalue weighted by Crippen LogP contribution is 2.28. The number of nitrogens with one attached hydrogen (secondary N) is 2. The number of benzene rings is 2. The number of ketones is 1. The first-order chi connectivity index (χ1) is 14.8. The Kier molecular flexibility index (Phi) is 5.18. The second-order valence-corrected chi connectivity index (χ2v) is 7.11. The summed E-state index contributed by atoms with van der Waals surface area (Å²) in [5, 5.41) is 5.46. The van der Waals surface area contributed by atoms with Gasteiger partial charge in [0.1, 0.15) is 17.0 Å². The molecule has 8 nitrogen and oxygen atoms in total. The quantitative estimate of drug-likeness (QED) is 0.252. The van der Waals surface area contributed by atoms with Crippen LogP contribution in [0.15, 0.2) is 66.0 Å². The molecule has 0 spiro atoms. The molecule has 1 fully saturated rings. The van der Waals surface area contributed by atoms with E-state index < -0.39 is 17.7 Å². The summed E-state index contributed by atoms with van der Waals surface area (Å²) >= 11 is 5.20. The van der Waals surface area contributed by atoms with Gasteiger partial charge in [-0.25, -0.2) is 4.79 Å². The molecule has 31 heavy (non-hydrogen) atoms. The fraction of sp³-hybridized carbons (Fsp3) is 0.0455. The Labute approximate surface area is 182 Å². The van der Waals surface area contributed by atoms with Gasteiger partial charge in [-0.15, -0.1) is 0 Å². The number of para-hydroxylation sites is 1. The lowest BCUT2D eigenvalue weighted by Gasteiger charge is -2.18. The van der Waals surface area contributed by atoms with Crippen molar-refractivity contribution in [2.45, 2.75) is 6.92 Å². The Morgan fingerprint density at radius 1 is 1.10 bits per heavy atom. The largest absolute Gasteiger partial charge is 0.422 e. The number of hydrogen-bond donors (Lipinski definition) is 2. The van der Waals surface area contributed by atoms with E-state index in [1.165, 1.54) is 19.1 Å². The molecule has 0 radical (unpaired) electrons. The number of esters is 1. The number of anilines is 1. The maximum Gasteiger partial charge on any atom is 0.349 e. The average molecular weight is 433 g/mol. The van der Waals surface area contributed by atoms with Crippen molar-refractivity contribution in [2.75, 3.05) is 5.32 Å². The Balaban J connectivity index is 1.59. The number of thiocarbonyl (C=S) groups is 1. The molecule has 0 aliphatic carbocycles. The van der Waals surface area contributed by atoms with Gasteiger partial charge in [-0.1, -0.05) is 24.3 Å². The van der Waals surface area contributed by atoms with E-state index in [0.29, 0.717) is 11.3 Å². The maximum atomic E-state index is 12.8. The van der Waals surface area contributed by atoms with Crippen molar-refractivity contribution in [3.05, 3.63) is 77.1 Å². The van der Waals surface area contributed by atoms with Crippen LogP contribution in [-0.4, -0.2) is 33.6 Å². The zero-order valence-electron chi connectivity index (χ0n) is 16.2. The lowest BCUT2D eigenvalue weighted by Crippen LogP contribution is -2.31. The number of nitrogens with zero attached hydrogens (tertiary/aromatic N) is 1. The molecule has 0 bridgehead atoms. The highest BCUT2D eigenvalue weighted by molar-refractivity contribution is 7.80. The summed E-state index contributed by atoms with van der Waals surface area (Å²) in [7, 11) is 0. The highest BCUT2D eigenvalue weighted by atomic mass is 32.1. The zero-order valence-corrected chi connectivity index (χ0v) is 17.0. The fourth-order valence-corrected chi connectivity index (χ4v) is 3.32. The van der Waals surface area contributed by atoms with E-state index in [4.69, 9.17) is 17.0 Å². The fourth-order valence-electron chi connectivity index (χ4n) is 3.07. The lowest BCUT2D eigenvalue weighted by atomic mass is 10.0. The Morgan fingerprint density at radius 3 is 2.52 bits per heavy atom. The SMILES string of the molecule is CC(=O)Nc1ccc(/C=C2/NC(=S)N(/C=C3\C(=O)Oc4ccccc4C3=O)C2=O)cc1. The minimum absolute atomic E-state index is 0.0260. The molecule has 2 N–H and O–H groups in total. The molecule has 154 valence electrons. The van der Waals surface area contributed by atoms with E-state index in [2.05, 4.69) is 10.6 Å². The van der Waals surface area contributed by atoms with Gasteiger partial charge in [-0.2, -0.15) is 0 Å². The number of ether oxygens (including phenoxy) is 1. The minimum atomic E-state index is -0.856. The minimum Gasteiger partial charge on any atom is -0.422 e. The topological polar surface area (TPSA) is 105 Å². The molecule has 1 saturated heterocycles. The van der Waals surface area contributed by atoms with Crippen LogP contribution in [0.3, 0.4) is 0 Å². The van der Waals surface area contributed by atoms with Crippen LogP contribution in [-0.2, 0) is 14.4 Å². The lowest BCUT2D eigenvalue weighted by molar-refractivity contribution is -0.130. The summed E-state index contributed by atoms with van der Waals surface area (Å²) in [6.07, 6.45) is 2.67. The number of carbonyl (C=O) groups is 4. The third kappa shape index (κ3) is 3.99. The number of amides is 2. The molecule has 2 aliphatic rings. The molecule has 2 aliphatic heterocycles. The molecule has 4 rings (SSSR count). The van der Waals surface area contributed by atoms with Gasteiger partial charge in [0.25, 0.3) is 5.91 Å². The number of fused-ring (bicyclic) bond motifs is 1. The molecule has 0 aromatic heterocycles. The van der Waals surface area contributed by atoms with Crippen LogP contribution in [0.25, 0.3) is 6.08 Å². The van der Waals surface area contributed by atoms with Gasteiger partial charge >= 0.3 is 5.97 Å². The summed E-state index contributed by atoms with van der Waals surface area (Å²) in [5.74, 6) is -1.95. The molecule has 0 saturated carbocycles. The third-order valence-electron chi connectivity index (χ3n) is 4.51. The monoisotopic (exact) mass is 433 g/mol. The standard InChI is InChI=1S/C22H15N3O5S/c1-12(26)23-14-8-6-13(7-9-14)10-17-20(28)25(22(31)24-17)11-16-19(27)15-4-2-3-5-18(15)30-21(16)29/h2-11H,1H3,(H,23,26)(H,24,31)/b16-11-,17-10+. The molecule has 2 aromatic carbocycles. The van der Waals surface area contributed by atoms with Gasteiger partial charge < -0.3 is 15.4 Å². The first kappa shape index (κ1) is 20.2. The van der Waals surface area contributed by atoms with Crippen molar-refractivity contribution in [1.82, 2.24) is 10.2 Å². The summed E-state index contributed by atoms with van der Waals surface area (Å²) in [5.41, 5.74) is 1.42. The first-order valence-corrected chi connectivity index (χ1v) is 9.56. The smallest absolute Gasteiger partial charge is 0.349 e. The molecule has 2 aromatic rings.